The second kappa shape index (κ2) is 7.08. The van der Waals surface area contributed by atoms with Crippen molar-refractivity contribution in [1.29, 1.82) is 0 Å². The zero-order chi connectivity index (χ0) is 22.4. The molecule has 5 saturated carbocycles. The third kappa shape index (κ3) is 2.82. The smallest absolute Gasteiger partial charge is 0.0577 e. The van der Waals surface area contributed by atoms with Crippen LogP contribution in [0.3, 0.4) is 0 Å². The van der Waals surface area contributed by atoms with Gasteiger partial charge in [-0.2, -0.15) is 0 Å². The maximum Gasteiger partial charge on any atom is 0.0577 e. The van der Waals surface area contributed by atoms with Gasteiger partial charge in [0.1, 0.15) is 0 Å². The van der Waals surface area contributed by atoms with E-state index in [9.17, 15) is 10.2 Å². The predicted octanol–water partition coefficient (Wildman–Crippen LogP) is 6.75. The van der Waals surface area contributed by atoms with E-state index in [0.29, 0.717) is 39.4 Å². The van der Waals surface area contributed by atoms with E-state index in [1.54, 1.807) is 0 Å². The van der Waals surface area contributed by atoms with Gasteiger partial charge in [0.05, 0.1) is 12.2 Å². The fourth-order valence-corrected chi connectivity index (χ4v) is 10.4. The van der Waals surface area contributed by atoms with Crippen LogP contribution in [-0.2, 0) is 0 Å². The van der Waals surface area contributed by atoms with E-state index >= 15 is 0 Å². The van der Waals surface area contributed by atoms with Crippen molar-refractivity contribution < 1.29 is 10.2 Å². The third-order valence-electron chi connectivity index (χ3n) is 12.6. The minimum absolute atomic E-state index is 0.179. The topological polar surface area (TPSA) is 40.5 Å². The zero-order valence-corrected chi connectivity index (χ0v) is 20.9. The lowest BCUT2D eigenvalue weighted by Gasteiger charge is -2.62. The lowest BCUT2D eigenvalue weighted by molar-refractivity contribution is -0.164. The average Bonchev–Trinajstić information content (AvgIpc) is 3.29. The van der Waals surface area contributed by atoms with Gasteiger partial charge in [0.15, 0.2) is 0 Å². The van der Waals surface area contributed by atoms with Gasteiger partial charge in [-0.1, -0.05) is 46.8 Å². The molecule has 0 amide bonds. The Balaban J connectivity index is 1.39. The Kier molecular flexibility index (Phi) is 5.13. The number of aliphatic hydroxyl groups excluding tert-OH is 2. The van der Waals surface area contributed by atoms with Crippen molar-refractivity contribution in [3.63, 3.8) is 0 Å². The zero-order valence-electron chi connectivity index (χ0n) is 20.9. The lowest BCUT2D eigenvalue weighted by Crippen LogP contribution is -2.57. The molecule has 5 aliphatic carbocycles. The molecule has 0 bridgehead atoms. The quantitative estimate of drug-likeness (QED) is 0.475. The first-order valence-corrected chi connectivity index (χ1v) is 13.5. The molecule has 0 aromatic carbocycles. The Morgan fingerprint density at radius 3 is 2.39 bits per heavy atom. The van der Waals surface area contributed by atoms with Crippen molar-refractivity contribution in [2.24, 2.45) is 51.2 Å². The molecule has 0 radical (unpaired) electrons. The first kappa shape index (κ1) is 22.5. The summed E-state index contributed by atoms with van der Waals surface area (Å²) in [5.41, 5.74) is 3.03. The second-order valence-electron chi connectivity index (χ2n) is 13.7. The molecule has 2 N–H and O–H groups in total. The molecule has 0 aromatic rings. The summed E-state index contributed by atoms with van der Waals surface area (Å²) in [4.78, 5) is 0. The Hall–Kier alpha value is -0.340. The molecule has 2 nitrogen and oxygen atoms in total. The van der Waals surface area contributed by atoms with Gasteiger partial charge in [-0.05, 0) is 122 Å². The van der Waals surface area contributed by atoms with Crippen molar-refractivity contribution >= 4 is 0 Å². The maximum absolute atomic E-state index is 11.3. The fourth-order valence-electron chi connectivity index (χ4n) is 10.4. The van der Waals surface area contributed by atoms with Crippen LogP contribution in [0.2, 0.25) is 0 Å². The molecular formula is C29H48O2. The summed E-state index contributed by atoms with van der Waals surface area (Å²) in [5, 5.41) is 21.7. The van der Waals surface area contributed by atoms with Crippen molar-refractivity contribution in [2.75, 3.05) is 0 Å². The first-order chi connectivity index (χ1) is 14.5. The maximum atomic E-state index is 11.3. The third-order valence-corrected chi connectivity index (χ3v) is 12.6. The van der Waals surface area contributed by atoms with Crippen LogP contribution in [0, 0.1) is 51.2 Å². The summed E-state index contributed by atoms with van der Waals surface area (Å²) in [7, 11) is 0. The molecule has 0 heterocycles. The number of hydrogen-bond acceptors (Lipinski definition) is 2. The monoisotopic (exact) mass is 428 g/mol. The molecule has 2 spiro atoms. The first-order valence-electron chi connectivity index (χ1n) is 13.5. The molecule has 31 heavy (non-hydrogen) atoms. The average molecular weight is 429 g/mol. The van der Waals surface area contributed by atoms with Crippen LogP contribution in [-0.4, -0.2) is 22.4 Å². The number of aliphatic hydroxyl groups is 2. The molecule has 2 heteroatoms. The van der Waals surface area contributed by atoms with Crippen LogP contribution < -0.4 is 0 Å². The van der Waals surface area contributed by atoms with E-state index in [2.05, 4.69) is 41.2 Å². The van der Waals surface area contributed by atoms with Crippen LogP contribution >= 0.6 is 0 Å². The minimum atomic E-state index is -0.194. The highest BCUT2D eigenvalue weighted by molar-refractivity contribution is 5.30. The highest BCUT2D eigenvalue weighted by Crippen LogP contribution is 2.87. The Morgan fingerprint density at radius 2 is 1.68 bits per heavy atom. The van der Waals surface area contributed by atoms with E-state index in [4.69, 9.17) is 0 Å². The lowest BCUT2D eigenvalue weighted by atomic mass is 9.43. The van der Waals surface area contributed by atoms with Crippen LogP contribution in [0.5, 0.6) is 0 Å². The Morgan fingerprint density at radius 1 is 0.935 bits per heavy atom. The standard InChI is InChI=1S/C29H48O2/c1-18(2)19(3)7-8-20(4)22-10-11-27(6)25-16-24(31)23-15-21(30)9-12-28(23)17-29(25,28)14-13-26(22,27)5/h18,20-25,30-31H,3,7-17H2,1-2,4-6H3/t20-,21+,22-,23-,24+,25+,26-,27+,28-,29-/m1/s1. The SMILES string of the molecule is C=C(CC[C@@H](C)[C@H]1CC[C@@]2(C)[C@@H]3C[C@H](O)[C@H]4C[C@@H](O)CC[C@@]45C[C@]35CC[C@]12C)C(C)C. The Bertz CT molecular complexity index is 743. The minimum Gasteiger partial charge on any atom is -0.393 e. The summed E-state index contributed by atoms with van der Waals surface area (Å²) >= 11 is 0. The molecular weight excluding hydrogens is 380 g/mol. The van der Waals surface area contributed by atoms with Gasteiger partial charge in [0, 0.05) is 0 Å². The molecule has 10 atom stereocenters. The van der Waals surface area contributed by atoms with Crippen molar-refractivity contribution in [2.45, 2.75) is 117 Å². The Labute approximate surface area is 191 Å². The largest absolute Gasteiger partial charge is 0.393 e. The van der Waals surface area contributed by atoms with Crippen LogP contribution in [0.25, 0.3) is 0 Å². The summed E-state index contributed by atoms with van der Waals surface area (Å²) in [6, 6.07) is 0. The van der Waals surface area contributed by atoms with Crippen molar-refractivity contribution in [3.8, 4) is 0 Å². The van der Waals surface area contributed by atoms with Crippen LogP contribution in [0.4, 0.5) is 0 Å². The summed E-state index contributed by atoms with van der Waals surface area (Å²) in [6.45, 7) is 16.7. The van der Waals surface area contributed by atoms with Crippen molar-refractivity contribution in [3.05, 3.63) is 12.2 Å². The highest BCUT2D eigenvalue weighted by Gasteiger charge is 2.81. The van der Waals surface area contributed by atoms with Crippen LogP contribution in [0.15, 0.2) is 12.2 Å². The molecule has 0 aliphatic heterocycles. The fraction of sp³-hybridized carbons (Fsp3) is 0.931. The van der Waals surface area contributed by atoms with Crippen molar-refractivity contribution in [1.82, 2.24) is 0 Å². The van der Waals surface area contributed by atoms with E-state index < -0.39 is 0 Å². The number of fused-ring (bicyclic) bond motifs is 2. The van der Waals surface area contributed by atoms with E-state index in [1.807, 2.05) is 0 Å². The van der Waals surface area contributed by atoms with E-state index in [0.717, 1.165) is 37.5 Å². The molecule has 0 aromatic heterocycles. The second-order valence-corrected chi connectivity index (χ2v) is 13.7. The molecule has 5 aliphatic rings. The van der Waals surface area contributed by atoms with Gasteiger partial charge in [-0.15, -0.1) is 0 Å². The molecule has 0 saturated heterocycles. The van der Waals surface area contributed by atoms with Gasteiger partial charge in [0.2, 0.25) is 0 Å². The van der Waals surface area contributed by atoms with Gasteiger partial charge in [-0.25, -0.2) is 0 Å². The van der Waals surface area contributed by atoms with Gasteiger partial charge >= 0.3 is 0 Å². The summed E-state index contributed by atoms with van der Waals surface area (Å²) < 4.78 is 0. The number of hydrogen-bond donors (Lipinski definition) is 2. The molecule has 5 fully saturated rings. The summed E-state index contributed by atoms with van der Waals surface area (Å²) in [5.74, 6) is 3.22. The highest BCUT2D eigenvalue weighted by atomic mass is 16.3. The molecule has 5 rings (SSSR count). The van der Waals surface area contributed by atoms with Crippen LogP contribution in [0.1, 0.15) is 105 Å². The number of rotatable bonds is 5. The molecule has 0 unspecified atom stereocenters. The predicted molar refractivity (Wildman–Crippen MR) is 127 cm³/mol. The normalized spacial score (nSPS) is 53.9. The van der Waals surface area contributed by atoms with E-state index in [1.165, 1.54) is 50.5 Å². The molecule has 176 valence electrons. The van der Waals surface area contributed by atoms with Gasteiger partial charge < -0.3 is 10.2 Å². The summed E-state index contributed by atoms with van der Waals surface area (Å²) in [6.07, 6.45) is 12.9. The van der Waals surface area contributed by atoms with Gasteiger partial charge in [0.25, 0.3) is 0 Å². The van der Waals surface area contributed by atoms with E-state index in [-0.39, 0.29) is 12.2 Å². The number of allylic oxidation sites excluding steroid dienone is 1. The van der Waals surface area contributed by atoms with Gasteiger partial charge in [-0.3, -0.25) is 0 Å².